The number of pyridine rings is 1. The van der Waals surface area contributed by atoms with Crippen molar-refractivity contribution in [3.63, 3.8) is 0 Å². The van der Waals surface area contributed by atoms with Crippen LogP contribution in [0.15, 0.2) is 73.3 Å². The molecular weight excluding hydrogens is 262 g/mol. The van der Waals surface area contributed by atoms with E-state index < -0.39 is 0 Å². The molecule has 0 aliphatic carbocycles. The molecule has 4 nitrogen and oxygen atoms in total. The normalized spacial score (nSPS) is 10.3. The Morgan fingerprint density at radius 3 is 2.62 bits per heavy atom. The quantitative estimate of drug-likeness (QED) is 0.797. The molecule has 4 heteroatoms. The molecule has 0 fully saturated rings. The Balaban J connectivity index is 1.79. The molecule has 0 unspecified atom stereocenters. The number of carbonyl (C=O) groups excluding carboxylic acids is 1. The Bertz CT molecular complexity index is 721. The van der Waals surface area contributed by atoms with E-state index in [0.29, 0.717) is 12.1 Å². The number of para-hydroxylation sites is 1. The first-order valence-corrected chi connectivity index (χ1v) is 6.74. The van der Waals surface area contributed by atoms with Gasteiger partial charge in [0.25, 0.3) is 5.91 Å². The molecule has 0 spiro atoms. The highest BCUT2D eigenvalue weighted by molar-refractivity contribution is 5.97. The van der Waals surface area contributed by atoms with Crippen LogP contribution in [0.3, 0.4) is 0 Å². The highest BCUT2D eigenvalue weighted by Crippen LogP contribution is 2.14. The molecule has 104 valence electrons. The molecule has 0 radical (unpaired) electrons. The second-order valence-electron chi connectivity index (χ2n) is 4.65. The van der Waals surface area contributed by atoms with E-state index in [2.05, 4.69) is 10.3 Å². The summed E-state index contributed by atoms with van der Waals surface area (Å²) in [5.41, 5.74) is 2.49. The number of hydrogen-bond acceptors (Lipinski definition) is 2. The molecule has 0 saturated carbocycles. The van der Waals surface area contributed by atoms with Crippen molar-refractivity contribution in [2.45, 2.75) is 6.54 Å². The largest absolute Gasteiger partial charge is 0.348 e. The van der Waals surface area contributed by atoms with Crippen LogP contribution in [0.4, 0.5) is 0 Å². The molecule has 2 aromatic heterocycles. The minimum absolute atomic E-state index is 0.0943. The average Bonchev–Trinajstić information content (AvgIpc) is 3.08. The molecule has 3 aromatic rings. The van der Waals surface area contributed by atoms with Crippen LogP contribution in [0.1, 0.15) is 15.9 Å². The van der Waals surface area contributed by atoms with Crippen LogP contribution >= 0.6 is 0 Å². The van der Waals surface area contributed by atoms with Gasteiger partial charge in [0.1, 0.15) is 0 Å². The van der Waals surface area contributed by atoms with E-state index in [0.717, 1.165) is 11.3 Å². The molecule has 0 bridgehead atoms. The van der Waals surface area contributed by atoms with Crippen LogP contribution in [0, 0.1) is 0 Å². The summed E-state index contributed by atoms with van der Waals surface area (Å²) in [4.78, 5) is 16.4. The summed E-state index contributed by atoms with van der Waals surface area (Å²) in [6.07, 6.45) is 7.31. The van der Waals surface area contributed by atoms with Crippen LogP contribution in [0.2, 0.25) is 0 Å². The Morgan fingerprint density at radius 2 is 1.86 bits per heavy atom. The smallest absolute Gasteiger partial charge is 0.253 e. The fourth-order valence-corrected chi connectivity index (χ4v) is 2.17. The molecule has 0 saturated heterocycles. The van der Waals surface area contributed by atoms with E-state index >= 15 is 0 Å². The van der Waals surface area contributed by atoms with Crippen molar-refractivity contribution in [2.75, 3.05) is 0 Å². The number of carbonyl (C=O) groups is 1. The third-order valence-corrected chi connectivity index (χ3v) is 3.21. The lowest BCUT2D eigenvalue weighted by molar-refractivity contribution is 0.0951. The van der Waals surface area contributed by atoms with Gasteiger partial charge in [0.05, 0.1) is 11.3 Å². The predicted molar refractivity (Wildman–Crippen MR) is 81.2 cm³/mol. The number of hydrogen-bond donors (Lipinski definition) is 1. The van der Waals surface area contributed by atoms with Crippen LogP contribution in [0.5, 0.6) is 0 Å². The van der Waals surface area contributed by atoms with Gasteiger partial charge in [-0.1, -0.05) is 18.2 Å². The van der Waals surface area contributed by atoms with Crippen LogP contribution in [0.25, 0.3) is 5.69 Å². The molecule has 0 aliphatic heterocycles. The Morgan fingerprint density at radius 1 is 1.05 bits per heavy atom. The molecule has 0 atom stereocenters. The third kappa shape index (κ3) is 3.00. The number of nitrogens with zero attached hydrogens (tertiary/aromatic N) is 2. The van der Waals surface area contributed by atoms with Crippen molar-refractivity contribution in [3.05, 3.63) is 84.4 Å². The lowest BCUT2D eigenvalue weighted by Gasteiger charge is -2.11. The van der Waals surface area contributed by atoms with Crippen LogP contribution in [-0.4, -0.2) is 15.5 Å². The number of benzene rings is 1. The van der Waals surface area contributed by atoms with E-state index in [1.165, 1.54) is 0 Å². The van der Waals surface area contributed by atoms with Gasteiger partial charge >= 0.3 is 0 Å². The van der Waals surface area contributed by atoms with Crippen molar-refractivity contribution in [1.29, 1.82) is 0 Å². The van der Waals surface area contributed by atoms with Crippen LogP contribution < -0.4 is 5.32 Å². The van der Waals surface area contributed by atoms with E-state index in [1.807, 2.05) is 65.5 Å². The van der Waals surface area contributed by atoms with Gasteiger partial charge < -0.3 is 9.88 Å². The van der Waals surface area contributed by atoms with Gasteiger partial charge in [0, 0.05) is 31.3 Å². The van der Waals surface area contributed by atoms with E-state index in [1.54, 1.807) is 12.4 Å². The van der Waals surface area contributed by atoms with Crippen molar-refractivity contribution < 1.29 is 4.79 Å². The summed E-state index contributed by atoms with van der Waals surface area (Å²) in [6.45, 7) is 0.465. The summed E-state index contributed by atoms with van der Waals surface area (Å²) < 4.78 is 1.93. The van der Waals surface area contributed by atoms with Crippen LogP contribution in [-0.2, 0) is 6.54 Å². The van der Waals surface area contributed by atoms with Crippen molar-refractivity contribution in [3.8, 4) is 5.69 Å². The maximum atomic E-state index is 12.4. The summed E-state index contributed by atoms with van der Waals surface area (Å²) in [7, 11) is 0. The summed E-state index contributed by atoms with van der Waals surface area (Å²) in [5.74, 6) is -0.0943. The molecular formula is C17H15N3O. The monoisotopic (exact) mass is 277 g/mol. The first kappa shape index (κ1) is 13.1. The first-order chi connectivity index (χ1) is 10.3. The maximum absolute atomic E-state index is 12.4. The van der Waals surface area contributed by atoms with E-state index in [-0.39, 0.29) is 5.91 Å². The SMILES string of the molecule is O=C(NCc1cccnc1)c1ccccc1-n1cccc1. The van der Waals surface area contributed by atoms with Gasteiger partial charge in [0.15, 0.2) is 0 Å². The third-order valence-electron chi connectivity index (χ3n) is 3.21. The first-order valence-electron chi connectivity index (χ1n) is 6.74. The van der Waals surface area contributed by atoms with E-state index in [9.17, 15) is 4.79 Å². The van der Waals surface area contributed by atoms with Gasteiger partial charge in [-0.15, -0.1) is 0 Å². The molecule has 1 N–H and O–H groups in total. The van der Waals surface area contributed by atoms with Gasteiger partial charge in [-0.2, -0.15) is 0 Å². The summed E-state index contributed by atoms with van der Waals surface area (Å²) in [6, 6.07) is 15.2. The number of amides is 1. The average molecular weight is 277 g/mol. The molecule has 1 amide bonds. The highest BCUT2D eigenvalue weighted by atomic mass is 16.1. The predicted octanol–water partition coefficient (Wildman–Crippen LogP) is 2.80. The fourth-order valence-electron chi connectivity index (χ4n) is 2.17. The topological polar surface area (TPSA) is 46.9 Å². The lowest BCUT2D eigenvalue weighted by Crippen LogP contribution is -2.24. The summed E-state index contributed by atoms with van der Waals surface area (Å²) in [5, 5.41) is 2.93. The minimum atomic E-state index is -0.0943. The Labute approximate surface area is 123 Å². The van der Waals surface area contributed by atoms with Gasteiger partial charge in [-0.3, -0.25) is 9.78 Å². The zero-order chi connectivity index (χ0) is 14.5. The van der Waals surface area contributed by atoms with Gasteiger partial charge in [0.2, 0.25) is 0 Å². The highest BCUT2D eigenvalue weighted by Gasteiger charge is 2.11. The second kappa shape index (κ2) is 6.05. The molecule has 2 heterocycles. The van der Waals surface area contributed by atoms with Crippen molar-refractivity contribution in [1.82, 2.24) is 14.9 Å². The lowest BCUT2D eigenvalue weighted by atomic mass is 10.1. The summed E-state index contributed by atoms with van der Waals surface area (Å²) >= 11 is 0. The molecule has 21 heavy (non-hydrogen) atoms. The standard InChI is InChI=1S/C17H15N3O/c21-17(19-13-14-6-5-9-18-12-14)15-7-1-2-8-16(15)20-10-3-4-11-20/h1-12H,13H2,(H,19,21). The van der Waals surface area contributed by atoms with E-state index in [4.69, 9.17) is 0 Å². The minimum Gasteiger partial charge on any atom is -0.348 e. The van der Waals surface area contributed by atoms with Gasteiger partial charge in [-0.25, -0.2) is 0 Å². The number of rotatable bonds is 4. The zero-order valence-electron chi connectivity index (χ0n) is 11.4. The molecule has 1 aromatic carbocycles. The molecule has 0 aliphatic rings. The molecule has 3 rings (SSSR count). The van der Waals surface area contributed by atoms with Crippen molar-refractivity contribution >= 4 is 5.91 Å². The van der Waals surface area contributed by atoms with Gasteiger partial charge in [-0.05, 0) is 35.9 Å². The fraction of sp³-hybridized carbons (Fsp3) is 0.0588. The maximum Gasteiger partial charge on any atom is 0.253 e. The zero-order valence-corrected chi connectivity index (χ0v) is 11.4. The number of aromatic nitrogens is 2. The second-order valence-corrected chi connectivity index (χ2v) is 4.65. The Kier molecular flexibility index (Phi) is 3.78. The number of nitrogens with one attached hydrogen (secondary N) is 1. The van der Waals surface area contributed by atoms with Crippen molar-refractivity contribution in [2.24, 2.45) is 0 Å². The Hall–Kier alpha value is -2.88.